The van der Waals surface area contributed by atoms with Crippen LogP contribution >= 0.6 is 0 Å². The van der Waals surface area contributed by atoms with Gasteiger partial charge in [0.05, 0.1) is 11.3 Å². The maximum atomic E-state index is 12.8. The maximum absolute atomic E-state index is 12.8. The molecular weight excluding hydrogens is 245 g/mol. The summed E-state index contributed by atoms with van der Waals surface area (Å²) in [7, 11) is 1.50. The zero-order valence-corrected chi connectivity index (χ0v) is 9.40. The Morgan fingerprint density at radius 2 is 1.94 bits per heavy atom. The lowest BCUT2D eigenvalue weighted by Gasteiger charge is -2.10. The number of aromatic nitrogens is 2. The van der Waals surface area contributed by atoms with Crippen molar-refractivity contribution in [1.29, 1.82) is 0 Å². The molecule has 0 radical (unpaired) electrons. The molecule has 3 nitrogen and oxygen atoms in total. The van der Waals surface area contributed by atoms with Gasteiger partial charge in [0.2, 0.25) is 0 Å². The molecule has 0 amide bonds. The first kappa shape index (κ1) is 12.3. The van der Waals surface area contributed by atoms with E-state index in [2.05, 4.69) is 5.10 Å². The Balaban J connectivity index is 2.60. The Hall–Kier alpha value is -2.11. The molecule has 0 N–H and O–H groups in total. The number of carbonyl (C=O) groups excluding carboxylic acids is 1. The van der Waals surface area contributed by atoms with Gasteiger partial charge in [0, 0.05) is 12.6 Å². The fourth-order valence-electron chi connectivity index (χ4n) is 1.68. The van der Waals surface area contributed by atoms with Crippen LogP contribution in [0.15, 0.2) is 30.3 Å². The van der Waals surface area contributed by atoms with E-state index < -0.39 is 11.7 Å². The molecule has 0 aliphatic rings. The number of hydrogen-bond donors (Lipinski definition) is 0. The minimum atomic E-state index is -4.45. The summed E-state index contributed by atoms with van der Waals surface area (Å²) in [6, 6.07) is 6.47. The minimum Gasteiger partial charge on any atom is -0.296 e. The van der Waals surface area contributed by atoms with Gasteiger partial charge in [-0.2, -0.15) is 18.3 Å². The van der Waals surface area contributed by atoms with Gasteiger partial charge in [0.25, 0.3) is 0 Å². The van der Waals surface area contributed by atoms with E-state index in [4.69, 9.17) is 0 Å². The van der Waals surface area contributed by atoms with Gasteiger partial charge in [-0.25, -0.2) is 0 Å². The van der Waals surface area contributed by atoms with Crippen molar-refractivity contribution in [2.45, 2.75) is 6.18 Å². The van der Waals surface area contributed by atoms with Gasteiger partial charge in [-0.05, 0) is 12.1 Å². The maximum Gasteiger partial charge on any atom is 0.417 e. The lowest BCUT2D eigenvalue weighted by molar-refractivity contribution is -0.137. The zero-order valence-electron chi connectivity index (χ0n) is 9.40. The predicted molar refractivity (Wildman–Crippen MR) is 59.0 cm³/mol. The second kappa shape index (κ2) is 4.29. The molecule has 2 rings (SSSR count). The molecule has 1 aromatic carbocycles. The molecule has 0 fully saturated rings. The van der Waals surface area contributed by atoms with Gasteiger partial charge in [-0.1, -0.05) is 18.2 Å². The van der Waals surface area contributed by atoms with Crippen LogP contribution in [-0.4, -0.2) is 16.1 Å². The second-order valence-corrected chi connectivity index (χ2v) is 3.74. The summed E-state index contributed by atoms with van der Waals surface area (Å²) in [4.78, 5) is 10.7. The van der Waals surface area contributed by atoms with Gasteiger partial charge in [-0.3, -0.25) is 9.48 Å². The van der Waals surface area contributed by atoms with E-state index in [0.29, 0.717) is 6.29 Å². The highest BCUT2D eigenvalue weighted by Crippen LogP contribution is 2.36. The molecule has 0 bridgehead atoms. The molecule has 2 aromatic rings. The number of carbonyl (C=O) groups is 1. The normalized spacial score (nSPS) is 11.6. The number of aryl methyl sites for hydroxylation is 1. The van der Waals surface area contributed by atoms with Gasteiger partial charge >= 0.3 is 6.18 Å². The Labute approximate surface area is 101 Å². The van der Waals surface area contributed by atoms with Crippen LogP contribution in [0.3, 0.4) is 0 Å². The molecule has 1 heterocycles. The molecule has 0 atom stereocenters. The first-order valence-corrected chi connectivity index (χ1v) is 5.09. The summed E-state index contributed by atoms with van der Waals surface area (Å²) < 4.78 is 39.7. The van der Waals surface area contributed by atoms with Crippen molar-refractivity contribution in [2.75, 3.05) is 0 Å². The SMILES string of the molecule is Cn1nc(-c2ccccc2C(F)(F)F)cc1C=O. The number of benzene rings is 1. The fourth-order valence-corrected chi connectivity index (χ4v) is 1.68. The van der Waals surface area contributed by atoms with E-state index in [1.807, 2.05) is 0 Å². The molecule has 0 spiro atoms. The molecule has 0 aliphatic heterocycles. The highest BCUT2D eigenvalue weighted by Gasteiger charge is 2.33. The lowest BCUT2D eigenvalue weighted by atomic mass is 10.0. The summed E-state index contributed by atoms with van der Waals surface area (Å²) >= 11 is 0. The van der Waals surface area contributed by atoms with Crippen LogP contribution in [-0.2, 0) is 13.2 Å². The largest absolute Gasteiger partial charge is 0.417 e. The highest BCUT2D eigenvalue weighted by molar-refractivity contribution is 5.76. The van der Waals surface area contributed by atoms with E-state index in [1.54, 1.807) is 0 Å². The van der Waals surface area contributed by atoms with Crippen LogP contribution in [0.2, 0.25) is 0 Å². The van der Waals surface area contributed by atoms with E-state index in [0.717, 1.165) is 6.07 Å². The molecule has 6 heteroatoms. The number of rotatable bonds is 2. The van der Waals surface area contributed by atoms with Crippen molar-refractivity contribution in [3.8, 4) is 11.3 Å². The van der Waals surface area contributed by atoms with E-state index in [9.17, 15) is 18.0 Å². The van der Waals surface area contributed by atoms with Gasteiger partial charge < -0.3 is 0 Å². The lowest BCUT2D eigenvalue weighted by Crippen LogP contribution is -2.07. The third-order valence-electron chi connectivity index (χ3n) is 2.55. The summed E-state index contributed by atoms with van der Waals surface area (Å²) in [5.41, 5.74) is -0.441. The van der Waals surface area contributed by atoms with Crippen LogP contribution in [0.25, 0.3) is 11.3 Å². The Bertz CT molecular complexity index is 587. The first-order valence-electron chi connectivity index (χ1n) is 5.09. The Morgan fingerprint density at radius 1 is 1.28 bits per heavy atom. The number of hydrogen-bond acceptors (Lipinski definition) is 2. The number of aldehydes is 1. The summed E-state index contributed by atoms with van der Waals surface area (Å²) in [5.74, 6) is 0. The predicted octanol–water partition coefficient (Wildman–Crippen LogP) is 2.92. The van der Waals surface area contributed by atoms with Crippen molar-refractivity contribution in [3.05, 3.63) is 41.6 Å². The average molecular weight is 254 g/mol. The van der Waals surface area contributed by atoms with Crippen LogP contribution < -0.4 is 0 Å². The van der Waals surface area contributed by atoms with Gasteiger partial charge in [-0.15, -0.1) is 0 Å². The van der Waals surface area contributed by atoms with Crippen molar-refractivity contribution in [2.24, 2.45) is 7.05 Å². The zero-order chi connectivity index (χ0) is 13.3. The topological polar surface area (TPSA) is 34.9 Å². The quantitative estimate of drug-likeness (QED) is 0.772. The van der Waals surface area contributed by atoms with Crippen LogP contribution in [0, 0.1) is 0 Å². The van der Waals surface area contributed by atoms with E-state index in [-0.39, 0.29) is 17.0 Å². The number of alkyl halides is 3. The molecule has 0 saturated carbocycles. The monoisotopic (exact) mass is 254 g/mol. The molecule has 0 aliphatic carbocycles. The van der Waals surface area contributed by atoms with Crippen molar-refractivity contribution in [3.63, 3.8) is 0 Å². The Kier molecular flexibility index (Phi) is 2.94. The van der Waals surface area contributed by atoms with Crippen LogP contribution in [0.1, 0.15) is 16.1 Å². The fraction of sp³-hybridized carbons (Fsp3) is 0.167. The van der Waals surface area contributed by atoms with Crippen molar-refractivity contribution < 1.29 is 18.0 Å². The highest BCUT2D eigenvalue weighted by atomic mass is 19.4. The first-order chi connectivity index (χ1) is 8.43. The molecule has 0 saturated heterocycles. The second-order valence-electron chi connectivity index (χ2n) is 3.74. The average Bonchev–Trinajstić information content (AvgIpc) is 2.69. The van der Waals surface area contributed by atoms with Gasteiger partial charge in [0.15, 0.2) is 6.29 Å². The smallest absolute Gasteiger partial charge is 0.296 e. The third kappa shape index (κ3) is 2.13. The Morgan fingerprint density at radius 3 is 2.50 bits per heavy atom. The standard InChI is InChI=1S/C12H9F3N2O/c1-17-8(7-18)6-11(16-17)9-4-2-3-5-10(9)12(13,14)15/h2-7H,1H3. The molecule has 0 unspecified atom stereocenters. The summed E-state index contributed by atoms with van der Waals surface area (Å²) in [5, 5.41) is 3.91. The number of halogens is 3. The van der Waals surface area contributed by atoms with E-state index >= 15 is 0 Å². The van der Waals surface area contributed by atoms with E-state index in [1.165, 1.54) is 36.0 Å². The summed E-state index contributed by atoms with van der Waals surface area (Å²) in [6.45, 7) is 0. The summed E-state index contributed by atoms with van der Waals surface area (Å²) in [6.07, 6.45) is -3.90. The van der Waals surface area contributed by atoms with Crippen molar-refractivity contribution in [1.82, 2.24) is 9.78 Å². The number of nitrogens with zero attached hydrogens (tertiary/aromatic N) is 2. The molecule has 1 aromatic heterocycles. The van der Waals surface area contributed by atoms with Gasteiger partial charge in [0.1, 0.15) is 5.69 Å². The molecular formula is C12H9F3N2O. The van der Waals surface area contributed by atoms with Crippen molar-refractivity contribution >= 4 is 6.29 Å². The third-order valence-corrected chi connectivity index (χ3v) is 2.55. The van der Waals surface area contributed by atoms with Crippen LogP contribution in [0.5, 0.6) is 0 Å². The molecule has 18 heavy (non-hydrogen) atoms. The minimum absolute atomic E-state index is 0.0336. The van der Waals surface area contributed by atoms with Crippen LogP contribution in [0.4, 0.5) is 13.2 Å². The molecule has 94 valence electrons.